The quantitative estimate of drug-likeness (QED) is 0.267. The van der Waals surface area contributed by atoms with E-state index < -0.39 is 24.2 Å². The van der Waals surface area contributed by atoms with Gasteiger partial charge in [-0.05, 0) is 36.8 Å². The third kappa shape index (κ3) is 6.48. The minimum absolute atomic E-state index is 0.324. The van der Waals surface area contributed by atoms with Crippen molar-refractivity contribution in [2.24, 2.45) is 4.99 Å². The molecule has 1 aliphatic rings. The number of thioether (sulfide) groups is 1. The molecule has 3 rings (SSSR count). The van der Waals surface area contributed by atoms with Gasteiger partial charge in [0.05, 0.1) is 12.0 Å². The molecule has 1 aliphatic heterocycles. The summed E-state index contributed by atoms with van der Waals surface area (Å²) in [6.07, 6.45) is -1.13. The smallest absolute Gasteiger partial charge is 0.418 e. The van der Waals surface area contributed by atoms with E-state index in [1.54, 1.807) is 19.2 Å². The van der Waals surface area contributed by atoms with Gasteiger partial charge < -0.3 is 14.2 Å². The second-order valence-electron chi connectivity index (χ2n) is 7.13. The summed E-state index contributed by atoms with van der Waals surface area (Å²) in [4.78, 5) is 30.1. The van der Waals surface area contributed by atoms with Crippen LogP contribution in [0.1, 0.15) is 31.4 Å². The number of esters is 1. The number of aliphatic imine (C=N–C) groups is 1. The van der Waals surface area contributed by atoms with Crippen LogP contribution < -0.4 is 4.74 Å². The number of hydrogen-bond donors (Lipinski definition) is 0. The first-order valence-electron chi connectivity index (χ1n) is 10.2. The monoisotopic (exact) mass is 538 g/mol. The average Bonchev–Trinajstić information content (AvgIpc) is 2.77. The van der Waals surface area contributed by atoms with Crippen LogP contribution in [0.4, 0.5) is 9.18 Å². The molecule has 2 aromatic rings. The minimum Gasteiger partial charge on any atom is -0.496 e. The van der Waals surface area contributed by atoms with Crippen molar-refractivity contribution in [3.63, 3.8) is 0 Å². The van der Waals surface area contributed by atoms with E-state index >= 15 is 0 Å². The topological polar surface area (TPSA) is 77.4 Å². The van der Waals surface area contributed by atoms with Gasteiger partial charge in [0, 0.05) is 48.3 Å². The molecule has 0 aromatic heterocycles. The average molecular weight is 539 g/mol. The van der Waals surface area contributed by atoms with Crippen molar-refractivity contribution >= 4 is 45.6 Å². The van der Waals surface area contributed by atoms with E-state index in [-0.39, 0.29) is 0 Å². The van der Waals surface area contributed by atoms with Gasteiger partial charge in [-0.25, -0.2) is 9.18 Å². The van der Waals surface area contributed by atoms with Gasteiger partial charge >= 0.3 is 12.1 Å². The number of amides is 1. The minimum atomic E-state index is -1.05. The van der Waals surface area contributed by atoms with E-state index in [2.05, 4.69) is 20.9 Å². The molecule has 10 heteroatoms. The molecule has 0 spiro atoms. The SMILES string of the molecule is COc1ccc(Br)cc1CSc1c(F)cccc1C1=NCCCN1C(=O)OC(C)OC(C)=O. The van der Waals surface area contributed by atoms with E-state index in [0.29, 0.717) is 47.3 Å². The summed E-state index contributed by atoms with van der Waals surface area (Å²) in [5, 5.41) is 0. The predicted octanol–water partition coefficient (Wildman–Crippen LogP) is 5.39. The van der Waals surface area contributed by atoms with E-state index in [1.807, 2.05) is 18.2 Å². The Hall–Kier alpha value is -2.59. The zero-order chi connectivity index (χ0) is 24.0. The highest BCUT2D eigenvalue weighted by molar-refractivity contribution is 9.10. The van der Waals surface area contributed by atoms with Crippen LogP contribution in [-0.2, 0) is 20.0 Å². The third-order valence-electron chi connectivity index (χ3n) is 4.70. The van der Waals surface area contributed by atoms with Crippen molar-refractivity contribution < 1.29 is 28.2 Å². The van der Waals surface area contributed by atoms with Crippen LogP contribution >= 0.6 is 27.7 Å². The number of ether oxygens (including phenoxy) is 3. The number of benzene rings is 2. The van der Waals surface area contributed by atoms with Crippen LogP contribution in [0, 0.1) is 5.82 Å². The maximum absolute atomic E-state index is 14.9. The van der Waals surface area contributed by atoms with Crippen LogP contribution in [0.15, 0.2) is 50.8 Å². The summed E-state index contributed by atoms with van der Waals surface area (Å²) < 4.78 is 31.4. The molecule has 0 saturated heterocycles. The fraction of sp³-hybridized carbons (Fsp3) is 0.348. The molecule has 1 amide bonds. The normalized spacial score (nSPS) is 14.3. The largest absolute Gasteiger partial charge is 0.496 e. The van der Waals surface area contributed by atoms with Gasteiger partial charge in [-0.3, -0.25) is 14.7 Å². The van der Waals surface area contributed by atoms with E-state index in [1.165, 1.54) is 36.6 Å². The first kappa shape index (κ1) is 25.0. The number of rotatable bonds is 7. The van der Waals surface area contributed by atoms with Crippen LogP contribution in [0.2, 0.25) is 0 Å². The second kappa shape index (κ2) is 11.5. The number of amidine groups is 1. The molecular formula is C23H24BrFN2O5S. The lowest BCUT2D eigenvalue weighted by atomic mass is 10.1. The maximum atomic E-state index is 14.9. The van der Waals surface area contributed by atoms with Crippen molar-refractivity contribution in [2.45, 2.75) is 37.2 Å². The molecule has 1 unspecified atom stereocenters. The summed E-state index contributed by atoms with van der Waals surface area (Å²) >= 11 is 4.74. The van der Waals surface area contributed by atoms with Crippen LogP contribution in [-0.4, -0.2) is 49.3 Å². The van der Waals surface area contributed by atoms with Gasteiger partial charge in [-0.2, -0.15) is 0 Å². The van der Waals surface area contributed by atoms with Gasteiger partial charge in [0.2, 0.25) is 6.29 Å². The summed E-state index contributed by atoms with van der Waals surface area (Å²) in [6, 6.07) is 10.3. The Morgan fingerprint density at radius 2 is 2.06 bits per heavy atom. The van der Waals surface area contributed by atoms with Gasteiger partial charge in [-0.1, -0.05) is 22.0 Å². The van der Waals surface area contributed by atoms with Crippen molar-refractivity contribution in [3.05, 3.63) is 57.8 Å². The van der Waals surface area contributed by atoms with E-state index in [4.69, 9.17) is 14.2 Å². The lowest BCUT2D eigenvalue weighted by Crippen LogP contribution is -2.43. The highest BCUT2D eigenvalue weighted by Gasteiger charge is 2.29. The molecule has 33 heavy (non-hydrogen) atoms. The summed E-state index contributed by atoms with van der Waals surface area (Å²) in [5.74, 6) is 0.487. The van der Waals surface area contributed by atoms with Gasteiger partial charge in [-0.15, -0.1) is 11.8 Å². The maximum Gasteiger partial charge on any atom is 0.418 e. The standard InChI is InChI=1S/C23H24BrFN2O5S/c1-14(28)31-15(2)32-23(29)27-11-5-10-26-22(27)18-6-4-7-19(25)21(18)33-13-16-12-17(24)8-9-20(16)30-3/h4,6-9,12,15H,5,10-11,13H2,1-3H3. The summed E-state index contributed by atoms with van der Waals surface area (Å²) in [6.45, 7) is 3.53. The molecular weight excluding hydrogens is 515 g/mol. The second-order valence-corrected chi connectivity index (χ2v) is 9.03. The Morgan fingerprint density at radius 1 is 1.27 bits per heavy atom. The lowest BCUT2D eigenvalue weighted by molar-refractivity contribution is -0.162. The number of nitrogens with zero attached hydrogens (tertiary/aromatic N) is 2. The first-order valence-corrected chi connectivity index (χ1v) is 12.0. The highest BCUT2D eigenvalue weighted by atomic mass is 79.9. The molecule has 0 aliphatic carbocycles. The number of carbonyl (C=O) groups excluding carboxylic acids is 2. The Balaban J connectivity index is 1.87. The number of carbonyl (C=O) groups is 2. The van der Waals surface area contributed by atoms with Crippen molar-refractivity contribution in [1.82, 2.24) is 4.90 Å². The number of methoxy groups -OCH3 is 1. The Kier molecular flexibility index (Phi) is 8.74. The van der Waals surface area contributed by atoms with E-state index in [9.17, 15) is 14.0 Å². The Bertz CT molecular complexity index is 1070. The fourth-order valence-corrected chi connectivity index (χ4v) is 4.77. The van der Waals surface area contributed by atoms with E-state index in [0.717, 1.165) is 10.0 Å². The third-order valence-corrected chi connectivity index (χ3v) is 6.35. The predicted molar refractivity (Wildman–Crippen MR) is 127 cm³/mol. The molecule has 0 fully saturated rings. The van der Waals surface area contributed by atoms with Crippen molar-refractivity contribution in [2.75, 3.05) is 20.2 Å². The molecule has 2 aromatic carbocycles. The van der Waals surface area contributed by atoms with Gasteiger partial charge in [0.25, 0.3) is 0 Å². The van der Waals surface area contributed by atoms with Crippen LogP contribution in [0.5, 0.6) is 5.75 Å². The van der Waals surface area contributed by atoms with Crippen molar-refractivity contribution in [1.29, 1.82) is 0 Å². The van der Waals surface area contributed by atoms with Gasteiger partial charge in [0.1, 0.15) is 17.4 Å². The zero-order valence-corrected chi connectivity index (χ0v) is 20.9. The first-order chi connectivity index (χ1) is 15.8. The molecule has 1 atom stereocenters. The molecule has 0 N–H and O–H groups in total. The molecule has 0 radical (unpaired) electrons. The number of hydrogen-bond acceptors (Lipinski definition) is 7. The van der Waals surface area contributed by atoms with Gasteiger partial charge in [0.15, 0.2) is 0 Å². The lowest BCUT2D eigenvalue weighted by Gasteiger charge is -2.29. The molecule has 176 valence electrons. The van der Waals surface area contributed by atoms with Crippen LogP contribution in [0.3, 0.4) is 0 Å². The zero-order valence-electron chi connectivity index (χ0n) is 18.5. The molecule has 0 saturated carbocycles. The number of halogens is 2. The molecule has 7 nitrogen and oxygen atoms in total. The Labute approximate surface area is 204 Å². The highest BCUT2D eigenvalue weighted by Crippen LogP contribution is 2.34. The van der Waals surface area contributed by atoms with Crippen molar-refractivity contribution in [3.8, 4) is 5.75 Å². The molecule has 0 bridgehead atoms. The Morgan fingerprint density at radius 3 is 2.79 bits per heavy atom. The summed E-state index contributed by atoms with van der Waals surface area (Å²) in [7, 11) is 1.59. The molecule has 1 heterocycles. The fourth-order valence-electron chi connectivity index (χ4n) is 3.32. The summed E-state index contributed by atoms with van der Waals surface area (Å²) in [5.41, 5.74) is 1.38. The van der Waals surface area contributed by atoms with Crippen LogP contribution in [0.25, 0.3) is 0 Å².